The van der Waals surface area contributed by atoms with Gasteiger partial charge in [0, 0.05) is 11.6 Å². The van der Waals surface area contributed by atoms with E-state index >= 15 is 0 Å². The van der Waals surface area contributed by atoms with Crippen LogP contribution in [0.3, 0.4) is 0 Å². The predicted molar refractivity (Wildman–Crippen MR) is 101 cm³/mol. The van der Waals surface area contributed by atoms with Gasteiger partial charge < -0.3 is 5.73 Å². The molecule has 6 heteroatoms. The molecule has 0 atom stereocenters. The molecule has 2 aromatic heterocycles. The van der Waals surface area contributed by atoms with Crippen LogP contribution in [0.25, 0.3) is 16.9 Å². The summed E-state index contributed by atoms with van der Waals surface area (Å²) in [5, 5.41) is 4.07. The van der Waals surface area contributed by atoms with E-state index < -0.39 is 0 Å². The number of pyridine rings is 1. The summed E-state index contributed by atoms with van der Waals surface area (Å²) in [6.45, 7) is 4.05. The lowest BCUT2D eigenvalue weighted by Crippen LogP contribution is -2.27. The summed E-state index contributed by atoms with van der Waals surface area (Å²) in [6, 6.07) is 14.3. The summed E-state index contributed by atoms with van der Waals surface area (Å²) in [6.07, 6.45) is 7.54. The number of hydrazone groups is 1. The van der Waals surface area contributed by atoms with E-state index in [9.17, 15) is 0 Å². The van der Waals surface area contributed by atoms with Crippen LogP contribution in [0.2, 0.25) is 0 Å². The van der Waals surface area contributed by atoms with Crippen LogP contribution in [0.15, 0.2) is 77.6 Å². The van der Waals surface area contributed by atoms with E-state index in [0.717, 1.165) is 22.5 Å². The summed E-state index contributed by atoms with van der Waals surface area (Å²) in [5.41, 5.74) is 12.7. The van der Waals surface area contributed by atoms with Crippen molar-refractivity contribution < 1.29 is 4.40 Å². The summed E-state index contributed by atoms with van der Waals surface area (Å²) >= 11 is 0. The highest BCUT2D eigenvalue weighted by Crippen LogP contribution is 2.19. The SMILES string of the molecule is C=CCN=C(N)N/N=C\c1ccc(-c2c[n+]3ccccc3n2C)cc1. The zero-order valence-electron chi connectivity index (χ0n) is 14.1. The number of aliphatic imine (C=N–C) groups is 1. The Balaban J connectivity index is 1.75. The predicted octanol–water partition coefficient (Wildman–Crippen LogP) is 1.85. The molecule has 0 unspecified atom stereocenters. The van der Waals surface area contributed by atoms with Gasteiger partial charge in [0.25, 0.3) is 5.65 Å². The fourth-order valence-corrected chi connectivity index (χ4v) is 2.56. The second-order valence-corrected chi connectivity index (χ2v) is 5.55. The molecule has 1 aromatic carbocycles. The van der Waals surface area contributed by atoms with Gasteiger partial charge in [-0.2, -0.15) is 5.10 Å². The van der Waals surface area contributed by atoms with Crippen LogP contribution in [0.4, 0.5) is 0 Å². The molecule has 3 aromatic rings. The number of guanidine groups is 1. The Labute approximate surface area is 146 Å². The van der Waals surface area contributed by atoms with Gasteiger partial charge in [-0.3, -0.25) is 0 Å². The molecule has 25 heavy (non-hydrogen) atoms. The first-order valence-corrected chi connectivity index (χ1v) is 7.95. The average Bonchev–Trinajstić information content (AvgIpc) is 2.98. The van der Waals surface area contributed by atoms with Crippen molar-refractivity contribution >= 4 is 17.8 Å². The van der Waals surface area contributed by atoms with E-state index in [1.807, 2.05) is 30.5 Å². The Morgan fingerprint density at radius 3 is 2.80 bits per heavy atom. The normalized spacial score (nSPS) is 12.0. The van der Waals surface area contributed by atoms with E-state index in [1.54, 1.807) is 12.3 Å². The Morgan fingerprint density at radius 2 is 2.08 bits per heavy atom. The van der Waals surface area contributed by atoms with E-state index in [1.165, 1.54) is 0 Å². The third kappa shape index (κ3) is 3.74. The van der Waals surface area contributed by atoms with Crippen molar-refractivity contribution in [1.29, 1.82) is 0 Å². The molecular formula is C19H21N6+. The Kier molecular flexibility index (Phi) is 4.89. The molecule has 0 aliphatic carbocycles. The first kappa shape index (κ1) is 16.4. The van der Waals surface area contributed by atoms with Gasteiger partial charge >= 0.3 is 0 Å². The molecule has 0 saturated heterocycles. The summed E-state index contributed by atoms with van der Waals surface area (Å²) < 4.78 is 4.28. The second kappa shape index (κ2) is 7.44. The summed E-state index contributed by atoms with van der Waals surface area (Å²) in [5.74, 6) is 0.264. The van der Waals surface area contributed by atoms with Crippen molar-refractivity contribution in [2.45, 2.75) is 0 Å². The first-order valence-electron chi connectivity index (χ1n) is 7.95. The molecule has 0 aliphatic rings. The Bertz CT molecular complexity index is 934. The number of nitrogens with one attached hydrogen (secondary N) is 1. The van der Waals surface area contributed by atoms with Crippen LogP contribution < -0.4 is 15.6 Å². The largest absolute Gasteiger partial charge is 0.369 e. The quantitative estimate of drug-likeness (QED) is 0.246. The molecule has 0 fully saturated rings. The van der Waals surface area contributed by atoms with E-state index in [4.69, 9.17) is 5.73 Å². The van der Waals surface area contributed by atoms with Crippen molar-refractivity contribution in [3.05, 3.63) is 73.1 Å². The monoisotopic (exact) mass is 333 g/mol. The molecule has 0 spiro atoms. The zero-order chi connectivity index (χ0) is 17.6. The van der Waals surface area contributed by atoms with Gasteiger partial charge in [0.15, 0.2) is 5.69 Å². The first-order chi connectivity index (χ1) is 12.2. The van der Waals surface area contributed by atoms with Crippen LogP contribution >= 0.6 is 0 Å². The van der Waals surface area contributed by atoms with Crippen LogP contribution in [-0.2, 0) is 7.05 Å². The lowest BCUT2D eigenvalue weighted by molar-refractivity contribution is -0.510. The van der Waals surface area contributed by atoms with E-state index in [-0.39, 0.29) is 5.96 Å². The number of fused-ring (bicyclic) bond motifs is 1. The third-order valence-electron chi connectivity index (χ3n) is 3.82. The molecule has 126 valence electrons. The van der Waals surface area contributed by atoms with Crippen molar-refractivity contribution in [2.75, 3.05) is 6.54 Å². The van der Waals surface area contributed by atoms with Gasteiger partial charge in [-0.1, -0.05) is 24.3 Å². The summed E-state index contributed by atoms with van der Waals surface area (Å²) in [7, 11) is 2.06. The highest BCUT2D eigenvalue weighted by atomic mass is 15.3. The topological polar surface area (TPSA) is 71.8 Å². The fourth-order valence-electron chi connectivity index (χ4n) is 2.56. The van der Waals surface area contributed by atoms with Crippen LogP contribution in [0.5, 0.6) is 0 Å². The number of benzene rings is 1. The van der Waals surface area contributed by atoms with Gasteiger partial charge in [0.2, 0.25) is 5.96 Å². The Morgan fingerprint density at radius 1 is 1.28 bits per heavy atom. The molecule has 3 N–H and O–H groups in total. The van der Waals surface area contributed by atoms with Gasteiger partial charge in [-0.15, -0.1) is 6.58 Å². The number of aromatic nitrogens is 2. The zero-order valence-corrected chi connectivity index (χ0v) is 14.1. The van der Waals surface area contributed by atoms with Crippen molar-refractivity contribution in [3.8, 4) is 11.3 Å². The molecule has 2 heterocycles. The van der Waals surface area contributed by atoms with Gasteiger partial charge in [-0.05, 0) is 23.8 Å². The maximum Gasteiger partial charge on any atom is 0.286 e. The van der Waals surface area contributed by atoms with E-state index in [2.05, 4.69) is 62.5 Å². The highest BCUT2D eigenvalue weighted by molar-refractivity contribution is 5.83. The molecule has 0 radical (unpaired) electrons. The average molecular weight is 333 g/mol. The number of aryl methyl sites for hydroxylation is 1. The highest BCUT2D eigenvalue weighted by Gasteiger charge is 2.14. The third-order valence-corrected chi connectivity index (χ3v) is 3.82. The number of nitrogens with zero attached hydrogens (tertiary/aromatic N) is 4. The van der Waals surface area contributed by atoms with Crippen LogP contribution in [0.1, 0.15) is 5.56 Å². The molecule has 3 rings (SSSR count). The molecular weight excluding hydrogens is 312 g/mol. The van der Waals surface area contributed by atoms with Gasteiger partial charge in [-0.25, -0.2) is 19.4 Å². The minimum absolute atomic E-state index is 0.264. The van der Waals surface area contributed by atoms with Gasteiger partial charge in [0.05, 0.1) is 26.0 Å². The summed E-state index contributed by atoms with van der Waals surface area (Å²) in [4.78, 5) is 4.00. The smallest absolute Gasteiger partial charge is 0.286 e. The van der Waals surface area contributed by atoms with Crippen LogP contribution in [-0.4, -0.2) is 23.3 Å². The van der Waals surface area contributed by atoms with Crippen molar-refractivity contribution in [2.24, 2.45) is 22.9 Å². The van der Waals surface area contributed by atoms with Crippen molar-refractivity contribution in [1.82, 2.24) is 9.99 Å². The molecule has 0 bridgehead atoms. The molecule has 0 aliphatic heterocycles. The number of hydrogen-bond acceptors (Lipinski definition) is 2. The van der Waals surface area contributed by atoms with E-state index in [0.29, 0.717) is 6.54 Å². The van der Waals surface area contributed by atoms with Crippen molar-refractivity contribution in [3.63, 3.8) is 0 Å². The fraction of sp³-hybridized carbons (Fsp3) is 0.105. The number of hydrogen-bond donors (Lipinski definition) is 2. The Hall–Kier alpha value is -3.41. The molecule has 6 nitrogen and oxygen atoms in total. The minimum atomic E-state index is 0.264. The van der Waals surface area contributed by atoms with Crippen LogP contribution in [0, 0.1) is 0 Å². The minimum Gasteiger partial charge on any atom is -0.369 e. The molecule has 0 amide bonds. The lowest BCUT2D eigenvalue weighted by atomic mass is 10.1. The maximum absolute atomic E-state index is 5.65. The number of imidazole rings is 1. The maximum atomic E-state index is 5.65. The standard InChI is InChI=1S/C19H21N6/c1-3-11-21-19(20)23-22-13-15-7-9-16(10-8-15)17-14-25-12-5-4-6-18(25)24(17)2/h3-10,12-14H,1,11H2,2H3,(H3,20,21,23)/q+1/b22-13-. The number of rotatable bonds is 5. The lowest BCUT2D eigenvalue weighted by Gasteiger charge is -2.00. The second-order valence-electron chi connectivity index (χ2n) is 5.55. The molecule has 0 saturated carbocycles. The number of nitrogens with two attached hydrogens (primary N) is 1. The van der Waals surface area contributed by atoms with Gasteiger partial charge in [0.1, 0.15) is 6.20 Å².